The second-order valence-electron chi connectivity index (χ2n) is 4.85. The van der Waals surface area contributed by atoms with E-state index in [-0.39, 0.29) is 5.41 Å². The number of ether oxygens (including phenoxy) is 1. The molecule has 2 nitrogen and oxygen atoms in total. The number of Topliss-reactive ketones (excluding diaryl/α,β-unsaturated/α-hetero) is 1. The fraction of sp³-hybridized carbons (Fsp3) is 0.500. The van der Waals surface area contributed by atoms with E-state index in [1.54, 1.807) is 7.11 Å². The molecule has 1 saturated carbocycles. The number of methoxy groups -OCH3 is 1. The maximum absolute atomic E-state index is 12.2. The molecule has 0 amide bonds. The van der Waals surface area contributed by atoms with Gasteiger partial charge in [0.25, 0.3) is 0 Å². The van der Waals surface area contributed by atoms with Crippen molar-refractivity contribution in [3.05, 3.63) is 29.3 Å². The maximum Gasteiger partial charge on any atom is 0.143 e. The highest BCUT2D eigenvalue weighted by atomic mass is 16.5. The minimum absolute atomic E-state index is 0.193. The van der Waals surface area contributed by atoms with Crippen molar-refractivity contribution in [2.45, 2.75) is 37.5 Å². The van der Waals surface area contributed by atoms with Crippen LogP contribution in [0.15, 0.2) is 18.2 Å². The number of carbonyl (C=O) groups excluding carboxylic acids is 1. The van der Waals surface area contributed by atoms with Gasteiger partial charge in [0.1, 0.15) is 11.5 Å². The van der Waals surface area contributed by atoms with Crippen molar-refractivity contribution in [3.63, 3.8) is 0 Å². The molecule has 0 radical (unpaired) electrons. The first kappa shape index (κ1) is 9.88. The molecule has 16 heavy (non-hydrogen) atoms. The van der Waals surface area contributed by atoms with Crippen LogP contribution in [-0.4, -0.2) is 12.9 Å². The van der Waals surface area contributed by atoms with Crippen molar-refractivity contribution >= 4 is 5.78 Å². The van der Waals surface area contributed by atoms with Crippen molar-refractivity contribution in [2.24, 2.45) is 0 Å². The highest BCUT2D eigenvalue weighted by molar-refractivity contribution is 5.94. The van der Waals surface area contributed by atoms with Gasteiger partial charge in [0.2, 0.25) is 0 Å². The van der Waals surface area contributed by atoms with E-state index in [0.29, 0.717) is 5.78 Å². The number of hydrogen-bond acceptors (Lipinski definition) is 2. The van der Waals surface area contributed by atoms with E-state index in [1.807, 2.05) is 12.1 Å². The van der Waals surface area contributed by atoms with E-state index >= 15 is 0 Å². The van der Waals surface area contributed by atoms with Crippen LogP contribution in [0.1, 0.15) is 36.8 Å². The number of fused-ring (bicyclic) bond motifs is 2. The summed E-state index contributed by atoms with van der Waals surface area (Å²) in [6.45, 7) is 0. The molecule has 0 heterocycles. The monoisotopic (exact) mass is 216 g/mol. The standard InChI is InChI=1S/C14H16O2/c1-16-11-5-2-4-10-7-9-14(13(10)11)8-3-6-12(14)15/h2,4-5H,3,6-9H2,1H3. The number of rotatable bonds is 1. The quantitative estimate of drug-likeness (QED) is 0.721. The van der Waals surface area contributed by atoms with E-state index in [9.17, 15) is 4.79 Å². The Balaban J connectivity index is 2.20. The predicted molar refractivity (Wildman–Crippen MR) is 61.9 cm³/mol. The van der Waals surface area contributed by atoms with Gasteiger partial charge in [0, 0.05) is 12.0 Å². The average molecular weight is 216 g/mol. The Bertz CT molecular complexity index is 450. The smallest absolute Gasteiger partial charge is 0.143 e. The number of aryl methyl sites for hydroxylation is 1. The van der Waals surface area contributed by atoms with E-state index in [0.717, 1.165) is 37.9 Å². The van der Waals surface area contributed by atoms with Crippen molar-refractivity contribution < 1.29 is 9.53 Å². The van der Waals surface area contributed by atoms with Crippen LogP contribution in [0.5, 0.6) is 5.75 Å². The molecule has 0 bridgehead atoms. The summed E-state index contributed by atoms with van der Waals surface area (Å²) < 4.78 is 5.44. The number of carbonyl (C=O) groups is 1. The molecule has 1 atom stereocenters. The summed E-state index contributed by atoms with van der Waals surface area (Å²) in [5.41, 5.74) is 2.32. The number of benzene rings is 1. The second kappa shape index (κ2) is 3.34. The molecule has 2 heteroatoms. The molecule has 1 aromatic rings. The van der Waals surface area contributed by atoms with Gasteiger partial charge in [-0.2, -0.15) is 0 Å². The Morgan fingerprint density at radius 1 is 1.25 bits per heavy atom. The zero-order valence-electron chi connectivity index (χ0n) is 9.58. The fourth-order valence-corrected chi connectivity index (χ4v) is 3.43. The van der Waals surface area contributed by atoms with Crippen LogP contribution in [-0.2, 0) is 16.6 Å². The van der Waals surface area contributed by atoms with Crippen molar-refractivity contribution in [2.75, 3.05) is 7.11 Å². The van der Waals surface area contributed by atoms with Gasteiger partial charge < -0.3 is 4.74 Å². The normalized spacial score (nSPS) is 27.4. The SMILES string of the molecule is COc1cccc2c1C1(CCCC1=O)CC2. The summed E-state index contributed by atoms with van der Waals surface area (Å²) in [5, 5.41) is 0. The summed E-state index contributed by atoms with van der Waals surface area (Å²) >= 11 is 0. The van der Waals surface area contributed by atoms with Crippen LogP contribution >= 0.6 is 0 Å². The lowest BCUT2D eigenvalue weighted by Gasteiger charge is -2.24. The molecule has 1 spiro atoms. The zero-order valence-corrected chi connectivity index (χ0v) is 9.58. The topological polar surface area (TPSA) is 26.3 Å². The van der Waals surface area contributed by atoms with Crippen molar-refractivity contribution in [1.82, 2.24) is 0 Å². The number of hydrogen-bond donors (Lipinski definition) is 0. The highest BCUT2D eigenvalue weighted by Crippen LogP contribution is 2.51. The van der Waals surface area contributed by atoms with Crippen LogP contribution in [0.2, 0.25) is 0 Å². The summed E-state index contributed by atoms with van der Waals surface area (Å²) in [5.74, 6) is 1.33. The van der Waals surface area contributed by atoms with Crippen LogP contribution < -0.4 is 4.74 Å². The Labute approximate surface area is 95.6 Å². The van der Waals surface area contributed by atoms with E-state index < -0.39 is 0 Å². The van der Waals surface area contributed by atoms with Gasteiger partial charge >= 0.3 is 0 Å². The Morgan fingerprint density at radius 3 is 2.81 bits per heavy atom. The lowest BCUT2D eigenvalue weighted by atomic mass is 9.79. The largest absolute Gasteiger partial charge is 0.496 e. The molecule has 2 aliphatic rings. The second-order valence-corrected chi connectivity index (χ2v) is 4.85. The van der Waals surface area contributed by atoms with Crippen molar-refractivity contribution in [1.29, 1.82) is 0 Å². The van der Waals surface area contributed by atoms with E-state index in [4.69, 9.17) is 4.74 Å². The van der Waals surface area contributed by atoms with E-state index in [1.165, 1.54) is 11.1 Å². The molecule has 1 fully saturated rings. The third-order valence-corrected chi connectivity index (χ3v) is 4.17. The predicted octanol–water partition coefficient (Wildman–Crippen LogP) is 2.63. The summed E-state index contributed by atoms with van der Waals surface area (Å²) in [7, 11) is 1.70. The molecule has 0 N–H and O–H groups in total. The van der Waals surface area contributed by atoms with Gasteiger partial charge in [-0.15, -0.1) is 0 Å². The van der Waals surface area contributed by atoms with Gasteiger partial charge in [-0.3, -0.25) is 4.79 Å². The van der Waals surface area contributed by atoms with Gasteiger partial charge in [0.05, 0.1) is 12.5 Å². The summed E-state index contributed by atoms with van der Waals surface area (Å²) in [4.78, 5) is 12.2. The molecule has 3 rings (SSSR count). The minimum atomic E-state index is -0.193. The first-order chi connectivity index (χ1) is 7.78. The minimum Gasteiger partial charge on any atom is -0.496 e. The van der Waals surface area contributed by atoms with Crippen molar-refractivity contribution in [3.8, 4) is 5.75 Å². The molecule has 84 valence electrons. The van der Waals surface area contributed by atoms with Crippen LogP contribution in [0.3, 0.4) is 0 Å². The average Bonchev–Trinajstić information content (AvgIpc) is 2.86. The van der Waals surface area contributed by atoms with Crippen LogP contribution in [0.4, 0.5) is 0 Å². The zero-order chi connectivity index (χ0) is 11.2. The molecule has 0 aliphatic heterocycles. The molecular formula is C14H16O2. The summed E-state index contributed by atoms with van der Waals surface area (Å²) in [6.07, 6.45) is 4.81. The molecule has 2 aliphatic carbocycles. The molecule has 0 saturated heterocycles. The Morgan fingerprint density at radius 2 is 2.12 bits per heavy atom. The number of ketones is 1. The lowest BCUT2D eigenvalue weighted by molar-refractivity contribution is -0.122. The Hall–Kier alpha value is -1.31. The molecule has 0 aromatic heterocycles. The first-order valence-corrected chi connectivity index (χ1v) is 5.97. The molecular weight excluding hydrogens is 200 g/mol. The third kappa shape index (κ3) is 1.10. The highest BCUT2D eigenvalue weighted by Gasteiger charge is 2.49. The lowest BCUT2D eigenvalue weighted by Crippen LogP contribution is -2.28. The van der Waals surface area contributed by atoms with Gasteiger partial charge in [-0.1, -0.05) is 12.1 Å². The molecule has 1 aromatic carbocycles. The van der Waals surface area contributed by atoms with Gasteiger partial charge in [-0.25, -0.2) is 0 Å². The maximum atomic E-state index is 12.2. The Kier molecular flexibility index (Phi) is 2.06. The van der Waals surface area contributed by atoms with E-state index in [2.05, 4.69) is 6.07 Å². The van der Waals surface area contributed by atoms with Gasteiger partial charge in [0.15, 0.2) is 0 Å². The third-order valence-electron chi connectivity index (χ3n) is 4.17. The fourth-order valence-electron chi connectivity index (χ4n) is 3.43. The van der Waals surface area contributed by atoms with Crippen LogP contribution in [0.25, 0.3) is 0 Å². The van der Waals surface area contributed by atoms with Crippen LogP contribution in [0, 0.1) is 0 Å². The van der Waals surface area contributed by atoms with Gasteiger partial charge in [-0.05, 0) is 37.3 Å². The summed E-state index contributed by atoms with van der Waals surface area (Å²) in [6, 6.07) is 6.14. The first-order valence-electron chi connectivity index (χ1n) is 5.97. The molecule has 1 unspecified atom stereocenters.